The van der Waals surface area contributed by atoms with E-state index >= 15 is 0 Å². The average Bonchev–Trinajstić information content (AvgIpc) is 1.98. The Morgan fingerprint density at radius 2 is 2.00 bits per heavy atom. The first-order chi connectivity index (χ1) is 5.61. The highest BCUT2D eigenvalue weighted by Gasteiger charge is 2.12. The van der Waals surface area contributed by atoms with Gasteiger partial charge in [0.05, 0.1) is 0 Å². The highest BCUT2D eigenvalue weighted by atomic mass is 16.1. The Balaban J connectivity index is 3.84. The van der Waals surface area contributed by atoms with Gasteiger partial charge in [-0.1, -0.05) is 13.8 Å². The quantitative estimate of drug-likeness (QED) is 0.610. The molecule has 0 radical (unpaired) electrons. The lowest BCUT2D eigenvalue weighted by Crippen LogP contribution is -2.34. The van der Waals surface area contributed by atoms with E-state index in [4.69, 9.17) is 0 Å². The van der Waals surface area contributed by atoms with Crippen molar-refractivity contribution in [1.82, 2.24) is 4.90 Å². The van der Waals surface area contributed by atoms with Gasteiger partial charge in [-0.25, -0.2) is 0 Å². The Labute approximate surface area is 75.9 Å². The minimum atomic E-state index is 0.289. The second-order valence-corrected chi connectivity index (χ2v) is 3.38. The van der Waals surface area contributed by atoms with E-state index in [1.54, 1.807) is 6.92 Å². The van der Waals surface area contributed by atoms with Gasteiger partial charge in [0.1, 0.15) is 5.78 Å². The van der Waals surface area contributed by atoms with Gasteiger partial charge in [0, 0.05) is 12.5 Å². The van der Waals surface area contributed by atoms with Gasteiger partial charge in [0.2, 0.25) is 0 Å². The van der Waals surface area contributed by atoms with Gasteiger partial charge in [-0.2, -0.15) is 0 Å². The molecule has 2 nitrogen and oxygen atoms in total. The fourth-order valence-electron chi connectivity index (χ4n) is 1.52. The number of ketones is 1. The molecule has 0 amide bonds. The lowest BCUT2D eigenvalue weighted by molar-refractivity contribution is -0.118. The molecule has 1 unspecified atom stereocenters. The molecule has 0 aliphatic carbocycles. The third-order valence-electron chi connectivity index (χ3n) is 2.12. The number of carbonyl (C=O) groups is 1. The number of hydrogen-bond acceptors (Lipinski definition) is 2. The Hall–Kier alpha value is -0.370. The molecular weight excluding hydrogens is 150 g/mol. The third-order valence-corrected chi connectivity index (χ3v) is 2.12. The minimum absolute atomic E-state index is 0.289. The summed E-state index contributed by atoms with van der Waals surface area (Å²) >= 11 is 0. The van der Waals surface area contributed by atoms with E-state index in [1.807, 2.05) is 0 Å². The summed E-state index contributed by atoms with van der Waals surface area (Å²) in [7, 11) is 0. The molecule has 0 aliphatic heterocycles. The Morgan fingerprint density at radius 1 is 1.42 bits per heavy atom. The zero-order chi connectivity index (χ0) is 9.56. The maximum atomic E-state index is 10.9. The largest absolute Gasteiger partial charge is 0.301 e. The normalized spacial score (nSPS) is 13.4. The number of Topliss-reactive ketones (excluding diaryl/α,β-unsaturated/α-hetero) is 1. The molecule has 0 fully saturated rings. The molecule has 0 saturated carbocycles. The van der Waals surface area contributed by atoms with Gasteiger partial charge >= 0.3 is 0 Å². The number of nitrogens with zero attached hydrogens (tertiary/aromatic N) is 1. The van der Waals surface area contributed by atoms with E-state index in [0.717, 1.165) is 19.5 Å². The van der Waals surface area contributed by atoms with Crippen LogP contribution in [0, 0.1) is 0 Å². The predicted molar refractivity (Wildman–Crippen MR) is 52.3 cm³/mol. The number of carbonyl (C=O) groups excluding carboxylic acids is 1. The fraction of sp³-hybridized carbons (Fsp3) is 0.900. The molecule has 0 aromatic heterocycles. The SMILES string of the molecule is CCCN(CC)C(C)CC(C)=O. The van der Waals surface area contributed by atoms with Gasteiger partial charge < -0.3 is 4.90 Å². The molecule has 0 N–H and O–H groups in total. The summed E-state index contributed by atoms with van der Waals surface area (Å²) in [6, 6.07) is 0.410. The Bertz CT molecular complexity index is 134. The standard InChI is InChI=1S/C10H21NO/c1-5-7-11(6-2)9(3)8-10(4)12/h9H,5-8H2,1-4H3. The topological polar surface area (TPSA) is 20.3 Å². The summed E-state index contributed by atoms with van der Waals surface area (Å²) < 4.78 is 0. The van der Waals surface area contributed by atoms with E-state index in [9.17, 15) is 4.79 Å². The van der Waals surface area contributed by atoms with Crippen molar-refractivity contribution < 1.29 is 4.79 Å². The second-order valence-electron chi connectivity index (χ2n) is 3.38. The highest BCUT2D eigenvalue weighted by molar-refractivity contribution is 5.76. The second kappa shape index (κ2) is 6.18. The number of rotatable bonds is 6. The summed E-state index contributed by atoms with van der Waals surface area (Å²) in [4.78, 5) is 13.2. The van der Waals surface area contributed by atoms with E-state index < -0.39 is 0 Å². The Kier molecular flexibility index (Phi) is 5.99. The van der Waals surface area contributed by atoms with Crippen molar-refractivity contribution >= 4 is 5.78 Å². The zero-order valence-electron chi connectivity index (χ0n) is 8.76. The van der Waals surface area contributed by atoms with Crippen molar-refractivity contribution in [2.24, 2.45) is 0 Å². The molecule has 0 heterocycles. The van der Waals surface area contributed by atoms with Gasteiger partial charge in [-0.15, -0.1) is 0 Å². The molecule has 72 valence electrons. The van der Waals surface area contributed by atoms with Crippen molar-refractivity contribution in [3.8, 4) is 0 Å². The van der Waals surface area contributed by atoms with Crippen LogP contribution in [0.2, 0.25) is 0 Å². The van der Waals surface area contributed by atoms with Gasteiger partial charge in [-0.05, 0) is 33.4 Å². The maximum Gasteiger partial charge on any atom is 0.131 e. The summed E-state index contributed by atoms with van der Waals surface area (Å²) in [5.41, 5.74) is 0. The Morgan fingerprint density at radius 3 is 2.33 bits per heavy atom. The van der Waals surface area contributed by atoms with Crippen LogP contribution in [-0.4, -0.2) is 29.8 Å². The minimum Gasteiger partial charge on any atom is -0.301 e. The van der Waals surface area contributed by atoms with Crippen LogP contribution in [-0.2, 0) is 4.79 Å². The van der Waals surface area contributed by atoms with Crippen LogP contribution in [0.1, 0.15) is 40.5 Å². The predicted octanol–water partition coefficient (Wildman–Crippen LogP) is 2.09. The molecule has 0 bridgehead atoms. The molecule has 2 heteroatoms. The first kappa shape index (κ1) is 11.6. The average molecular weight is 171 g/mol. The number of hydrogen-bond donors (Lipinski definition) is 0. The van der Waals surface area contributed by atoms with E-state index in [1.165, 1.54) is 0 Å². The molecule has 0 aromatic rings. The lowest BCUT2D eigenvalue weighted by atomic mass is 10.1. The smallest absolute Gasteiger partial charge is 0.131 e. The molecule has 1 atom stereocenters. The molecule has 0 aromatic carbocycles. The third kappa shape index (κ3) is 4.50. The van der Waals surface area contributed by atoms with Crippen molar-refractivity contribution in [3.63, 3.8) is 0 Å². The van der Waals surface area contributed by atoms with Crippen LogP contribution in [0.3, 0.4) is 0 Å². The summed E-state index contributed by atoms with van der Waals surface area (Å²) in [5, 5.41) is 0. The molecule has 0 saturated heterocycles. The zero-order valence-corrected chi connectivity index (χ0v) is 8.76. The van der Waals surface area contributed by atoms with Crippen LogP contribution in [0.15, 0.2) is 0 Å². The van der Waals surface area contributed by atoms with Crippen LogP contribution < -0.4 is 0 Å². The molecule has 0 rings (SSSR count). The molecule has 12 heavy (non-hydrogen) atoms. The van der Waals surface area contributed by atoms with Crippen LogP contribution in [0.4, 0.5) is 0 Å². The van der Waals surface area contributed by atoms with E-state index in [2.05, 4.69) is 25.7 Å². The first-order valence-corrected chi connectivity index (χ1v) is 4.85. The molecular formula is C10H21NO. The summed E-state index contributed by atoms with van der Waals surface area (Å²) in [6.45, 7) is 10.2. The van der Waals surface area contributed by atoms with Gasteiger partial charge in [-0.3, -0.25) is 4.79 Å². The summed E-state index contributed by atoms with van der Waals surface area (Å²) in [5.74, 6) is 0.289. The monoisotopic (exact) mass is 171 g/mol. The van der Waals surface area contributed by atoms with E-state index in [-0.39, 0.29) is 5.78 Å². The van der Waals surface area contributed by atoms with Crippen molar-refractivity contribution in [2.45, 2.75) is 46.6 Å². The van der Waals surface area contributed by atoms with Gasteiger partial charge in [0.15, 0.2) is 0 Å². The van der Waals surface area contributed by atoms with E-state index in [0.29, 0.717) is 12.5 Å². The molecule has 0 aliphatic rings. The fourth-order valence-corrected chi connectivity index (χ4v) is 1.52. The first-order valence-electron chi connectivity index (χ1n) is 4.85. The van der Waals surface area contributed by atoms with Gasteiger partial charge in [0.25, 0.3) is 0 Å². The lowest BCUT2D eigenvalue weighted by Gasteiger charge is -2.26. The van der Waals surface area contributed by atoms with Crippen molar-refractivity contribution in [1.29, 1.82) is 0 Å². The van der Waals surface area contributed by atoms with Crippen molar-refractivity contribution in [3.05, 3.63) is 0 Å². The van der Waals surface area contributed by atoms with Crippen molar-refractivity contribution in [2.75, 3.05) is 13.1 Å². The van der Waals surface area contributed by atoms with Crippen LogP contribution in [0.5, 0.6) is 0 Å². The van der Waals surface area contributed by atoms with Crippen LogP contribution in [0.25, 0.3) is 0 Å². The summed E-state index contributed by atoms with van der Waals surface area (Å²) in [6.07, 6.45) is 1.85. The van der Waals surface area contributed by atoms with Crippen LogP contribution >= 0.6 is 0 Å². The highest BCUT2D eigenvalue weighted by Crippen LogP contribution is 2.04. The molecule has 0 spiro atoms. The maximum absolute atomic E-state index is 10.9.